The molecule has 2 rings (SSSR count). The second-order valence-electron chi connectivity index (χ2n) is 6.59. The van der Waals surface area contributed by atoms with Gasteiger partial charge in [-0.2, -0.15) is 0 Å². The Morgan fingerprint density at radius 2 is 1.67 bits per heavy atom. The molecule has 0 saturated heterocycles. The van der Waals surface area contributed by atoms with E-state index in [1.165, 1.54) is 24.8 Å². The minimum absolute atomic E-state index is 0.0974. The average Bonchev–Trinajstić information content (AvgIpc) is 2.67. The van der Waals surface area contributed by atoms with Gasteiger partial charge >= 0.3 is 5.97 Å². The number of esters is 1. The Balaban J connectivity index is 1.94. The van der Waals surface area contributed by atoms with Crippen molar-refractivity contribution >= 4 is 17.8 Å². The summed E-state index contributed by atoms with van der Waals surface area (Å²) in [6, 6.07) is 14.8. The number of allylic oxidation sites excluding steroid dienone is 1. The van der Waals surface area contributed by atoms with Crippen molar-refractivity contribution in [2.45, 2.75) is 39.5 Å². The first-order valence-electron chi connectivity index (χ1n) is 9.28. The van der Waals surface area contributed by atoms with Gasteiger partial charge in [0, 0.05) is 11.1 Å². The summed E-state index contributed by atoms with van der Waals surface area (Å²) in [6.07, 6.45) is 8.15. The maximum Gasteiger partial charge on any atom is 0.338 e. The Morgan fingerprint density at radius 3 is 2.26 bits per heavy atom. The molecule has 0 aliphatic rings. The van der Waals surface area contributed by atoms with Gasteiger partial charge in [0.15, 0.2) is 5.78 Å². The van der Waals surface area contributed by atoms with Gasteiger partial charge in [-0.25, -0.2) is 4.79 Å². The van der Waals surface area contributed by atoms with Crippen LogP contribution >= 0.6 is 0 Å². The van der Waals surface area contributed by atoms with E-state index in [2.05, 4.69) is 25.6 Å². The van der Waals surface area contributed by atoms with Crippen LogP contribution < -0.4 is 4.74 Å². The number of hydrogen-bond acceptors (Lipinski definition) is 3. The summed E-state index contributed by atoms with van der Waals surface area (Å²) in [5.41, 5.74) is 3.19. The first-order valence-corrected chi connectivity index (χ1v) is 9.28. The molecule has 0 heterocycles. The Bertz CT molecular complexity index is 812. The van der Waals surface area contributed by atoms with E-state index in [0.717, 1.165) is 12.0 Å². The van der Waals surface area contributed by atoms with Crippen LogP contribution in [0.4, 0.5) is 0 Å². The molecule has 3 nitrogen and oxygen atoms in total. The van der Waals surface area contributed by atoms with Gasteiger partial charge in [-0.15, -0.1) is 0 Å². The van der Waals surface area contributed by atoms with Crippen LogP contribution in [0.5, 0.6) is 5.75 Å². The van der Waals surface area contributed by atoms with Crippen molar-refractivity contribution in [1.82, 2.24) is 0 Å². The minimum atomic E-state index is -0.480. The van der Waals surface area contributed by atoms with Gasteiger partial charge in [0.2, 0.25) is 0 Å². The van der Waals surface area contributed by atoms with Gasteiger partial charge in [0.1, 0.15) is 5.75 Å². The largest absolute Gasteiger partial charge is 0.423 e. The SMILES string of the molecule is C=C(C)C(=O)Oc1ccc(C(=O)C=Cc2ccc(CCCCC)cc2)cc1. The number of ether oxygens (including phenoxy) is 1. The van der Waals surface area contributed by atoms with Crippen molar-refractivity contribution < 1.29 is 14.3 Å². The molecule has 0 aliphatic carbocycles. The molecule has 0 amide bonds. The Kier molecular flexibility index (Phi) is 7.75. The molecule has 0 saturated carbocycles. The molecule has 2 aromatic rings. The van der Waals surface area contributed by atoms with Crippen molar-refractivity contribution in [1.29, 1.82) is 0 Å². The molecule has 3 heteroatoms. The summed E-state index contributed by atoms with van der Waals surface area (Å²) in [7, 11) is 0. The van der Waals surface area contributed by atoms with Crippen LogP contribution in [0.3, 0.4) is 0 Å². The molecule has 0 bridgehead atoms. The van der Waals surface area contributed by atoms with E-state index in [1.807, 2.05) is 18.2 Å². The van der Waals surface area contributed by atoms with E-state index in [4.69, 9.17) is 4.74 Å². The van der Waals surface area contributed by atoms with Gasteiger partial charge in [0.05, 0.1) is 0 Å². The fraction of sp³-hybridized carbons (Fsp3) is 0.250. The number of aryl methyl sites for hydroxylation is 1. The first kappa shape index (κ1) is 20.4. The van der Waals surface area contributed by atoms with Crippen LogP contribution in [0.1, 0.15) is 54.6 Å². The van der Waals surface area contributed by atoms with Crippen molar-refractivity contribution in [2.24, 2.45) is 0 Å². The molecule has 2 aromatic carbocycles. The van der Waals surface area contributed by atoms with E-state index in [-0.39, 0.29) is 5.78 Å². The van der Waals surface area contributed by atoms with Gasteiger partial charge in [0.25, 0.3) is 0 Å². The van der Waals surface area contributed by atoms with E-state index in [1.54, 1.807) is 37.3 Å². The van der Waals surface area contributed by atoms with E-state index < -0.39 is 5.97 Å². The van der Waals surface area contributed by atoms with E-state index in [0.29, 0.717) is 16.9 Å². The average molecular weight is 362 g/mol. The molecule has 140 valence electrons. The zero-order valence-electron chi connectivity index (χ0n) is 16.0. The molecule has 0 aromatic heterocycles. The maximum atomic E-state index is 12.3. The minimum Gasteiger partial charge on any atom is -0.423 e. The quantitative estimate of drug-likeness (QED) is 0.186. The smallest absolute Gasteiger partial charge is 0.338 e. The fourth-order valence-electron chi connectivity index (χ4n) is 2.52. The zero-order chi connectivity index (χ0) is 19.6. The Labute approximate surface area is 161 Å². The standard InChI is InChI=1S/C24H26O3/c1-4-5-6-7-19-8-10-20(11-9-19)12-17-23(25)21-13-15-22(16-14-21)27-24(26)18(2)3/h8-17H,2,4-7H2,1,3H3. The highest BCUT2D eigenvalue weighted by Crippen LogP contribution is 2.15. The van der Waals surface area contributed by atoms with Crippen LogP contribution in [0.25, 0.3) is 6.08 Å². The Hall–Kier alpha value is -2.94. The van der Waals surface area contributed by atoms with Crippen LogP contribution in [0.2, 0.25) is 0 Å². The predicted octanol–water partition coefficient (Wildman–Crippen LogP) is 5.80. The number of carbonyl (C=O) groups is 2. The number of unbranched alkanes of at least 4 members (excludes halogenated alkanes) is 2. The van der Waals surface area contributed by atoms with E-state index in [9.17, 15) is 9.59 Å². The highest BCUT2D eigenvalue weighted by Gasteiger charge is 2.07. The molecule has 0 spiro atoms. The third-order valence-electron chi connectivity index (χ3n) is 4.17. The lowest BCUT2D eigenvalue weighted by atomic mass is 10.0. The third kappa shape index (κ3) is 6.70. The third-order valence-corrected chi connectivity index (χ3v) is 4.17. The van der Waals surface area contributed by atoms with Crippen molar-refractivity contribution in [3.63, 3.8) is 0 Å². The predicted molar refractivity (Wildman–Crippen MR) is 110 cm³/mol. The van der Waals surface area contributed by atoms with Gasteiger partial charge in [-0.3, -0.25) is 4.79 Å². The lowest BCUT2D eigenvalue weighted by Crippen LogP contribution is -2.08. The Morgan fingerprint density at radius 1 is 1.00 bits per heavy atom. The topological polar surface area (TPSA) is 43.4 Å². The highest BCUT2D eigenvalue weighted by atomic mass is 16.5. The molecule has 0 N–H and O–H groups in total. The summed E-state index contributed by atoms with van der Waals surface area (Å²) in [5.74, 6) is -0.186. The summed E-state index contributed by atoms with van der Waals surface area (Å²) in [6.45, 7) is 7.32. The second kappa shape index (κ2) is 10.3. The molecule has 0 unspecified atom stereocenters. The van der Waals surface area contributed by atoms with Crippen LogP contribution in [0, 0.1) is 0 Å². The van der Waals surface area contributed by atoms with Crippen LogP contribution in [-0.4, -0.2) is 11.8 Å². The molecular formula is C24H26O3. The molecule has 0 aliphatic heterocycles. The number of carbonyl (C=O) groups excluding carboxylic acids is 2. The van der Waals surface area contributed by atoms with Gasteiger partial charge < -0.3 is 4.74 Å². The molecule has 0 atom stereocenters. The zero-order valence-corrected chi connectivity index (χ0v) is 16.0. The fourth-order valence-corrected chi connectivity index (χ4v) is 2.52. The summed E-state index contributed by atoms with van der Waals surface area (Å²) in [5, 5.41) is 0. The number of hydrogen-bond donors (Lipinski definition) is 0. The monoisotopic (exact) mass is 362 g/mol. The molecular weight excluding hydrogens is 336 g/mol. The summed E-state index contributed by atoms with van der Waals surface area (Å²) >= 11 is 0. The number of rotatable bonds is 9. The normalized spacial score (nSPS) is 10.7. The first-order chi connectivity index (χ1) is 13.0. The number of ketones is 1. The highest BCUT2D eigenvalue weighted by molar-refractivity contribution is 6.06. The lowest BCUT2D eigenvalue weighted by Gasteiger charge is -2.04. The van der Waals surface area contributed by atoms with Crippen LogP contribution in [0.15, 0.2) is 66.8 Å². The van der Waals surface area contributed by atoms with Gasteiger partial charge in [-0.05, 0) is 61.2 Å². The number of benzene rings is 2. The molecule has 0 radical (unpaired) electrons. The second-order valence-corrected chi connectivity index (χ2v) is 6.59. The van der Waals surface area contributed by atoms with Crippen molar-refractivity contribution in [3.8, 4) is 5.75 Å². The van der Waals surface area contributed by atoms with Crippen molar-refractivity contribution in [2.75, 3.05) is 0 Å². The maximum absolute atomic E-state index is 12.3. The molecule has 0 fully saturated rings. The summed E-state index contributed by atoms with van der Waals surface area (Å²) in [4.78, 5) is 23.8. The van der Waals surface area contributed by atoms with Crippen molar-refractivity contribution in [3.05, 3.63) is 83.4 Å². The van der Waals surface area contributed by atoms with Gasteiger partial charge in [-0.1, -0.05) is 56.7 Å². The molecule has 27 heavy (non-hydrogen) atoms. The lowest BCUT2D eigenvalue weighted by molar-refractivity contribution is -0.130. The van der Waals surface area contributed by atoms with Crippen LogP contribution in [-0.2, 0) is 11.2 Å². The van der Waals surface area contributed by atoms with E-state index >= 15 is 0 Å². The summed E-state index contributed by atoms with van der Waals surface area (Å²) < 4.78 is 5.12.